The summed E-state index contributed by atoms with van der Waals surface area (Å²) in [6.07, 6.45) is 1.23. The van der Waals surface area contributed by atoms with Crippen LogP contribution in [0, 0.1) is 6.92 Å². The van der Waals surface area contributed by atoms with E-state index >= 15 is 0 Å². The predicted octanol–water partition coefficient (Wildman–Crippen LogP) is 2.80. The van der Waals surface area contributed by atoms with Crippen molar-refractivity contribution in [2.45, 2.75) is 19.8 Å². The van der Waals surface area contributed by atoms with Gasteiger partial charge in [-0.25, -0.2) is 0 Å². The number of anilines is 1. The minimum absolute atomic E-state index is 0. The van der Waals surface area contributed by atoms with Gasteiger partial charge in [-0.3, -0.25) is 9.79 Å². The molecule has 1 aromatic carbocycles. The number of guanidine groups is 1. The molecule has 8 heteroatoms. The third kappa shape index (κ3) is 8.70. The molecule has 1 aromatic rings. The van der Waals surface area contributed by atoms with E-state index in [1.165, 1.54) is 0 Å². The van der Waals surface area contributed by atoms with Crippen molar-refractivity contribution in [3.8, 4) is 0 Å². The van der Waals surface area contributed by atoms with Gasteiger partial charge in [0.2, 0.25) is 5.91 Å². The summed E-state index contributed by atoms with van der Waals surface area (Å²) < 4.78 is 4.98. The van der Waals surface area contributed by atoms with Crippen molar-refractivity contribution in [1.82, 2.24) is 10.6 Å². The van der Waals surface area contributed by atoms with E-state index in [4.69, 9.17) is 16.3 Å². The molecule has 0 saturated carbocycles. The second-order valence-electron chi connectivity index (χ2n) is 4.98. The number of benzene rings is 1. The van der Waals surface area contributed by atoms with Crippen molar-refractivity contribution >= 4 is 53.1 Å². The quantitative estimate of drug-likeness (QED) is 0.237. The van der Waals surface area contributed by atoms with Gasteiger partial charge in [0.15, 0.2) is 5.96 Å². The molecule has 3 N–H and O–H groups in total. The lowest BCUT2D eigenvalue weighted by molar-refractivity contribution is -0.116. The molecule has 1 amide bonds. The largest absolute Gasteiger partial charge is 0.385 e. The lowest BCUT2D eigenvalue weighted by atomic mass is 10.2. The highest BCUT2D eigenvalue weighted by atomic mass is 127. The zero-order valence-electron chi connectivity index (χ0n) is 14.3. The number of nitrogens with one attached hydrogen (secondary N) is 3. The van der Waals surface area contributed by atoms with Gasteiger partial charge >= 0.3 is 0 Å². The van der Waals surface area contributed by atoms with E-state index in [0.717, 1.165) is 24.2 Å². The number of nitrogens with zero attached hydrogens (tertiary/aromatic N) is 1. The van der Waals surface area contributed by atoms with Crippen LogP contribution >= 0.6 is 35.6 Å². The molecule has 1 rings (SSSR count). The Morgan fingerprint density at radius 3 is 2.67 bits per heavy atom. The molecule has 24 heavy (non-hydrogen) atoms. The Kier molecular flexibility index (Phi) is 12.7. The number of methoxy groups -OCH3 is 1. The molecule has 0 radical (unpaired) electrons. The molecule has 6 nitrogen and oxygen atoms in total. The molecule has 0 saturated heterocycles. The molecule has 0 atom stereocenters. The number of hydrogen-bond acceptors (Lipinski definition) is 3. The number of carbonyl (C=O) groups is 1. The highest BCUT2D eigenvalue weighted by Gasteiger charge is 2.07. The van der Waals surface area contributed by atoms with Gasteiger partial charge < -0.3 is 20.7 Å². The van der Waals surface area contributed by atoms with E-state index in [0.29, 0.717) is 30.6 Å². The second-order valence-corrected chi connectivity index (χ2v) is 5.39. The van der Waals surface area contributed by atoms with E-state index < -0.39 is 0 Å². The van der Waals surface area contributed by atoms with Crippen molar-refractivity contribution in [3.05, 3.63) is 28.8 Å². The van der Waals surface area contributed by atoms with Gasteiger partial charge in [-0.05, 0) is 31.0 Å². The normalized spacial score (nSPS) is 10.8. The maximum Gasteiger partial charge on any atom is 0.226 e. The first-order valence-electron chi connectivity index (χ1n) is 7.57. The number of carbonyl (C=O) groups excluding carboxylic acids is 1. The minimum atomic E-state index is -0.0716. The van der Waals surface area contributed by atoms with Crippen molar-refractivity contribution in [2.24, 2.45) is 4.99 Å². The Labute approximate surface area is 165 Å². The van der Waals surface area contributed by atoms with Gasteiger partial charge in [0.25, 0.3) is 0 Å². The van der Waals surface area contributed by atoms with Crippen LogP contribution in [0.2, 0.25) is 5.02 Å². The molecule has 0 aliphatic heterocycles. The van der Waals surface area contributed by atoms with E-state index in [-0.39, 0.29) is 29.9 Å². The van der Waals surface area contributed by atoms with Crippen LogP contribution in [0.15, 0.2) is 23.2 Å². The number of ether oxygens (including phenoxy) is 1. The van der Waals surface area contributed by atoms with Gasteiger partial charge in [-0.2, -0.15) is 0 Å². The van der Waals surface area contributed by atoms with Gasteiger partial charge in [0, 0.05) is 51.0 Å². The van der Waals surface area contributed by atoms with Crippen LogP contribution in [0.25, 0.3) is 0 Å². The highest BCUT2D eigenvalue weighted by molar-refractivity contribution is 14.0. The first-order valence-corrected chi connectivity index (χ1v) is 7.94. The molecule has 0 bridgehead atoms. The summed E-state index contributed by atoms with van der Waals surface area (Å²) in [7, 11) is 3.37. The van der Waals surface area contributed by atoms with Gasteiger partial charge in [-0.1, -0.05) is 17.7 Å². The average Bonchev–Trinajstić information content (AvgIpc) is 2.54. The SMILES string of the molecule is CN=C(NCCCOC)NCCC(=O)Nc1cccc(Cl)c1C.I. The summed E-state index contributed by atoms with van der Waals surface area (Å²) >= 11 is 6.04. The first-order chi connectivity index (χ1) is 11.1. The summed E-state index contributed by atoms with van der Waals surface area (Å²) in [5.74, 6) is 0.602. The molecule has 0 aliphatic rings. The third-order valence-corrected chi connectivity index (χ3v) is 3.64. The van der Waals surface area contributed by atoms with E-state index in [1.54, 1.807) is 20.2 Å². The van der Waals surface area contributed by atoms with Crippen LogP contribution in [0.3, 0.4) is 0 Å². The Hall–Kier alpha value is -1.06. The molecule has 0 spiro atoms. The zero-order valence-corrected chi connectivity index (χ0v) is 17.4. The molecular weight excluding hydrogens is 443 g/mol. The van der Waals surface area contributed by atoms with Crippen molar-refractivity contribution in [3.63, 3.8) is 0 Å². The fourth-order valence-electron chi connectivity index (χ4n) is 1.89. The molecule has 0 aliphatic carbocycles. The standard InChI is InChI=1S/C16H25ClN4O2.HI/c1-12-13(17)6-4-7-14(12)21-15(22)8-10-20-16(18-2)19-9-5-11-23-3;/h4,6-7H,5,8-11H2,1-3H3,(H,21,22)(H2,18,19,20);1H. The van der Waals surface area contributed by atoms with Crippen molar-refractivity contribution in [2.75, 3.05) is 39.2 Å². The lowest BCUT2D eigenvalue weighted by Crippen LogP contribution is -2.39. The van der Waals surface area contributed by atoms with Crippen molar-refractivity contribution in [1.29, 1.82) is 0 Å². The molecule has 136 valence electrons. The number of rotatable bonds is 8. The molecule has 0 fully saturated rings. The summed E-state index contributed by atoms with van der Waals surface area (Å²) in [4.78, 5) is 16.1. The molecule has 0 unspecified atom stereocenters. The van der Waals surface area contributed by atoms with Crippen LogP contribution < -0.4 is 16.0 Å². The highest BCUT2D eigenvalue weighted by Crippen LogP contribution is 2.22. The van der Waals surface area contributed by atoms with Crippen LogP contribution in [0.4, 0.5) is 5.69 Å². The van der Waals surface area contributed by atoms with Gasteiger partial charge in [0.1, 0.15) is 0 Å². The topological polar surface area (TPSA) is 74.8 Å². The summed E-state index contributed by atoms with van der Waals surface area (Å²) in [6, 6.07) is 5.45. The Bertz CT molecular complexity index is 541. The fourth-order valence-corrected chi connectivity index (χ4v) is 2.07. The number of hydrogen-bond donors (Lipinski definition) is 3. The summed E-state index contributed by atoms with van der Waals surface area (Å²) in [5.41, 5.74) is 1.61. The van der Waals surface area contributed by atoms with Crippen LogP contribution in [-0.2, 0) is 9.53 Å². The second kappa shape index (κ2) is 13.3. The monoisotopic (exact) mass is 468 g/mol. The van der Waals surface area contributed by atoms with E-state index in [9.17, 15) is 4.79 Å². The number of halogens is 2. The predicted molar refractivity (Wildman–Crippen MR) is 111 cm³/mol. The fraction of sp³-hybridized carbons (Fsp3) is 0.500. The van der Waals surface area contributed by atoms with E-state index in [1.807, 2.05) is 19.1 Å². The van der Waals surface area contributed by atoms with Gasteiger partial charge in [0.05, 0.1) is 0 Å². The Morgan fingerprint density at radius 1 is 1.29 bits per heavy atom. The maximum atomic E-state index is 12.0. The summed E-state index contributed by atoms with van der Waals surface area (Å²) in [5, 5.41) is 9.76. The molecule has 0 aromatic heterocycles. The third-order valence-electron chi connectivity index (χ3n) is 3.23. The Morgan fingerprint density at radius 2 is 2.00 bits per heavy atom. The van der Waals surface area contributed by atoms with E-state index in [2.05, 4.69) is 20.9 Å². The minimum Gasteiger partial charge on any atom is -0.385 e. The molecule has 0 heterocycles. The summed E-state index contributed by atoms with van der Waals surface area (Å²) in [6.45, 7) is 3.84. The first kappa shape index (κ1) is 22.9. The smallest absolute Gasteiger partial charge is 0.226 e. The average molecular weight is 469 g/mol. The van der Waals surface area contributed by atoms with Crippen LogP contribution in [-0.4, -0.2) is 45.7 Å². The van der Waals surface area contributed by atoms with Gasteiger partial charge in [-0.15, -0.1) is 24.0 Å². The lowest BCUT2D eigenvalue weighted by Gasteiger charge is -2.12. The number of amides is 1. The Balaban J connectivity index is 0.00000529. The van der Waals surface area contributed by atoms with Crippen molar-refractivity contribution < 1.29 is 9.53 Å². The van der Waals surface area contributed by atoms with Crippen LogP contribution in [0.1, 0.15) is 18.4 Å². The maximum absolute atomic E-state index is 12.0. The number of aliphatic imine (C=N–C) groups is 1. The zero-order chi connectivity index (χ0) is 17.1. The molecular formula is C16H26ClIN4O2. The van der Waals surface area contributed by atoms with Crippen LogP contribution in [0.5, 0.6) is 0 Å².